The molecule has 0 saturated carbocycles. The van der Waals surface area contributed by atoms with Crippen LogP contribution in [0.4, 0.5) is 0 Å². The van der Waals surface area contributed by atoms with Gasteiger partial charge in [0.2, 0.25) is 0 Å². The minimum absolute atomic E-state index is 0.194. The fourth-order valence-electron chi connectivity index (χ4n) is 3.06. The summed E-state index contributed by atoms with van der Waals surface area (Å²) in [7, 11) is 1.58. The Hall–Kier alpha value is -1.67. The molecule has 2 atom stereocenters. The van der Waals surface area contributed by atoms with Crippen molar-refractivity contribution in [3.63, 3.8) is 0 Å². The number of hydrogen-bond donors (Lipinski definition) is 1. The van der Waals surface area contributed by atoms with E-state index in [9.17, 15) is 5.11 Å². The third-order valence-corrected chi connectivity index (χ3v) is 5.10. The zero-order valence-electron chi connectivity index (χ0n) is 15.0. The number of benzene rings is 2. The lowest BCUT2D eigenvalue weighted by atomic mass is 9.88. The van der Waals surface area contributed by atoms with Gasteiger partial charge in [-0.25, -0.2) is 0 Å². The normalized spacial score (nSPS) is 13.5. The number of aromatic hydroxyl groups is 1. The van der Waals surface area contributed by atoms with Crippen LogP contribution in [-0.4, -0.2) is 12.2 Å². The van der Waals surface area contributed by atoms with Crippen molar-refractivity contribution in [3.05, 3.63) is 58.1 Å². The molecule has 130 valence electrons. The quantitative estimate of drug-likeness (QED) is 0.653. The third-order valence-electron chi connectivity index (χ3n) is 4.69. The van der Waals surface area contributed by atoms with E-state index in [1.165, 1.54) is 11.1 Å². The van der Waals surface area contributed by atoms with Crippen LogP contribution in [0.2, 0.25) is 5.02 Å². The van der Waals surface area contributed by atoms with Crippen molar-refractivity contribution >= 4 is 11.6 Å². The number of rotatable bonds is 7. The minimum atomic E-state index is 0.194. The maximum absolute atomic E-state index is 9.66. The van der Waals surface area contributed by atoms with E-state index < -0.39 is 0 Å². The van der Waals surface area contributed by atoms with E-state index in [4.69, 9.17) is 16.3 Å². The molecule has 0 aromatic heterocycles. The number of methoxy groups -OCH3 is 1. The first-order valence-electron chi connectivity index (χ1n) is 8.52. The average Bonchev–Trinajstić information content (AvgIpc) is 2.56. The predicted molar refractivity (Wildman–Crippen MR) is 101 cm³/mol. The minimum Gasteiger partial charge on any atom is -0.504 e. The van der Waals surface area contributed by atoms with Crippen molar-refractivity contribution in [2.75, 3.05) is 7.11 Å². The Bertz CT molecular complexity index is 682. The van der Waals surface area contributed by atoms with E-state index >= 15 is 0 Å². The van der Waals surface area contributed by atoms with Crippen LogP contribution in [0.15, 0.2) is 36.4 Å². The number of phenols is 1. The van der Waals surface area contributed by atoms with E-state index in [0.29, 0.717) is 17.6 Å². The van der Waals surface area contributed by atoms with E-state index in [2.05, 4.69) is 32.0 Å². The third kappa shape index (κ3) is 4.91. The highest BCUT2D eigenvalue weighted by molar-refractivity contribution is 6.31. The smallest absolute Gasteiger partial charge is 0.160 e. The lowest BCUT2D eigenvalue weighted by Crippen LogP contribution is -2.04. The first kappa shape index (κ1) is 18.7. The maximum atomic E-state index is 9.66. The summed E-state index contributed by atoms with van der Waals surface area (Å²) < 4.78 is 5.17. The maximum Gasteiger partial charge on any atom is 0.160 e. The molecule has 2 rings (SSSR count). The van der Waals surface area contributed by atoms with Gasteiger partial charge in [0.25, 0.3) is 0 Å². The molecule has 0 bridgehead atoms. The Labute approximate surface area is 150 Å². The van der Waals surface area contributed by atoms with Gasteiger partial charge in [0.05, 0.1) is 7.11 Å². The molecule has 2 aromatic carbocycles. The second-order valence-electron chi connectivity index (χ2n) is 6.80. The van der Waals surface area contributed by atoms with Gasteiger partial charge in [-0.1, -0.05) is 43.6 Å². The van der Waals surface area contributed by atoms with Crippen LogP contribution in [0.5, 0.6) is 11.5 Å². The molecule has 0 fully saturated rings. The van der Waals surface area contributed by atoms with Crippen LogP contribution in [0.1, 0.15) is 49.3 Å². The van der Waals surface area contributed by atoms with Crippen molar-refractivity contribution in [2.45, 2.75) is 46.0 Å². The second kappa shape index (κ2) is 8.43. The molecule has 0 amide bonds. The largest absolute Gasteiger partial charge is 0.504 e. The lowest BCUT2D eigenvalue weighted by Gasteiger charge is -2.18. The van der Waals surface area contributed by atoms with E-state index in [1.807, 2.05) is 19.1 Å². The van der Waals surface area contributed by atoms with Crippen molar-refractivity contribution in [2.24, 2.45) is 5.92 Å². The average molecular weight is 347 g/mol. The Morgan fingerprint density at radius 3 is 2.54 bits per heavy atom. The number of ether oxygens (including phenoxy) is 1. The first-order valence-corrected chi connectivity index (χ1v) is 8.90. The molecular weight excluding hydrogens is 320 g/mol. The van der Waals surface area contributed by atoms with Crippen LogP contribution >= 0.6 is 11.6 Å². The van der Waals surface area contributed by atoms with E-state index in [-0.39, 0.29) is 5.75 Å². The molecule has 1 N–H and O–H groups in total. The molecule has 2 aromatic rings. The Balaban J connectivity index is 1.90. The van der Waals surface area contributed by atoms with Crippen molar-refractivity contribution in [1.82, 2.24) is 0 Å². The second-order valence-corrected chi connectivity index (χ2v) is 7.20. The van der Waals surface area contributed by atoms with Crippen LogP contribution in [0.3, 0.4) is 0 Å². The van der Waals surface area contributed by atoms with Gasteiger partial charge in [-0.05, 0) is 72.9 Å². The molecule has 0 aliphatic carbocycles. The summed E-state index contributed by atoms with van der Waals surface area (Å²) in [5.74, 6) is 1.84. The zero-order valence-corrected chi connectivity index (χ0v) is 15.7. The van der Waals surface area contributed by atoms with Crippen LogP contribution in [0, 0.1) is 12.8 Å². The van der Waals surface area contributed by atoms with Crippen molar-refractivity contribution in [1.29, 1.82) is 0 Å². The Kier molecular flexibility index (Phi) is 6.56. The van der Waals surface area contributed by atoms with Gasteiger partial charge in [-0.3, -0.25) is 0 Å². The molecule has 0 aliphatic rings. The lowest BCUT2D eigenvalue weighted by molar-refractivity contribution is 0.372. The fourth-order valence-corrected chi connectivity index (χ4v) is 3.25. The standard InChI is InChI=1S/C21H27ClO2/c1-14(5-7-17-8-10-20(23)21(12-17)24-4)11-16(3)18-9-6-15(2)19(22)13-18/h6,8-10,12-14,16,23H,5,7,11H2,1-4H3. The zero-order chi connectivity index (χ0) is 17.7. The fraction of sp³-hybridized carbons (Fsp3) is 0.429. The van der Waals surface area contributed by atoms with Crippen molar-refractivity contribution < 1.29 is 9.84 Å². The highest BCUT2D eigenvalue weighted by Crippen LogP contribution is 2.30. The number of halogens is 1. The van der Waals surface area contributed by atoms with E-state index in [0.717, 1.165) is 29.8 Å². The van der Waals surface area contributed by atoms with Gasteiger partial charge in [-0.2, -0.15) is 0 Å². The van der Waals surface area contributed by atoms with Gasteiger partial charge in [0.1, 0.15) is 0 Å². The topological polar surface area (TPSA) is 29.5 Å². The van der Waals surface area contributed by atoms with Crippen LogP contribution in [0.25, 0.3) is 0 Å². The highest BCUT2D eigenvalue weighted by atomic mass is 35.5. The molecule has 0 heterocycles. The molecule has 3 heteroatoms. The monoisotopic (exact) mass is 346 g/mol. The molecule has 0 saturated heterocycles. The van der Waals surface area contributed by atoms with Crippen molar-refractivity contribution in [3.8, 4) is 11.5 Å². The predicted octanol–water partition coefficient (Wildman–Crippen LogP) is 6.13. The molecular formula is C21H27ClO2. The summed E-state index contributed by atoms with van der Waals surface area (Å²) in [5, 5.41) is 10.5. The van der Waals surface area contributed by atoms with Gasteiger partial charge in [0.15, 0.2) is 11.5 Å². The van der Waals surface area contributed by atoms with Gasteiger partial charge in [-0.15, -0.1) is 0 Å². The molecule has 2 nitrogen and oxygen atoms in total. The Morgan fingerprint density at radius 1 is 1.12 bits per heavy atom. The van der Waals surface area contributed by atoms with Crippen LogP contribution < -0.4 is 4.74 Å². The van der Waals surface area contributed by atoms with E-state index in [1.54, 1.807) is 13.2 Å². The molecule has 0 radical (unpaired) electrons. The SMILES string of the molecule is COc1cc(CCC(C)CC(C)c2ccc(C)c(Cl)c2)ccc1O. The molecule has 24 heavy (non-hydrogen) atoms. The number of aryl methyl sites for hydroxylation is 2. The number of phenolic OH excluding ortho intramolecular Hbond substituents is 1. The van der Waals surface area contributed by atoms with Gasteiger partial charge < -0.3 is 9.84 Å². The molecule has 2 unspecified atom stereocenters. The van der Waals surface area contributed by atoms with Gasteiger partial charge >= 0.3 is 0 Å². The summed E-state index contributed by atoms with van der Waals surface area (Å²) in [5.41, 5.74) is 3.63. The summed E-state index contributed by atoms with van der Waals surface area (Å²) in [4.78, 5) is 0. The first-order chi connectivity index (χ1) is 11.4. The van der Waals surface area contributed by atoms with Gasteiger partial charge in [0, 0.05) is 5.02 Å². The summed E-state index contributed by atoms with van der Waals surface area (Å²) in [6, 6.07) is 12.0. The highest BCUT2D eigenvalue weighted by Gasteiger charge is 2.12. The molecule has 0 aliphatic heterocycles. The Morgan fingerprint density at radius 2 is 1.88 bits per heavy atom. The molecule has 0 spiro atoms. The summed E-state index contributed by atoms with van der Waals surface area (Å²) >= 11 is 6.24. The number of hydrogen-bond acceptors (Lipinski definition) is 2. The van der Waals surface area contributed by atoms with Crippen LogP contribution in [-0.2, 0) is 6.42 Å². The summed E-state index contributed by atoms with van der Waals surface area (Å²) in [6.45, 7) is 6.59. The summed E-state index contributed by atoms with van der Waals surface area (Å²) in [6.07, 6.45) is 3.23.